The number of carbonyl (C=O) groups is 2. The molecule has 1 aromatic carbocycles. The fourth-order valence-corrected chi connectivity index (χ4v) is 2.51. The number of amides is 1. The molecule has 0 radical (unpaired) electrons. The maximum atomic E-state index is 13.4. The van der Waals surface area contributed by atoms with Crippen LogP contribution in [0.4, 0.5) is 17.6 Å². The van der Waals surface area contributed by atoms with E-state index in [0.717, 1.165) is 25.0 Å². The summed E-state index contributed by atoms with van der Waals surface area (Å²) in [6, 6.07) is 3.39. The van der Waals surface area contributed by atoms with Gasteiger partial charge in [-0.15, -0.1) is 0 Å². The zero-order chi connectivity index (χ0) is 19.6. The van der Waals surface area contributed by atoms with E-state index < -0.39 is 23.5 Å². The van der Waals surface area contributed by atoms with Crippen molar-refractivity contribution >= 4 is 11.7 Å². The molecule has 1 N–H and O–H groups in total. The fourth-order valence-electron chi connectivity index (χ4n) is 2.51. The van der Waals surface area contributed by atoms with Gasteiger partial charge in [0, 0.05) is 18.7 Å². The Kier molecular flexibility index (Phi) is 5.20. The van der Waals surface area contributed by atoms with E-state index in [-0.39, 0.29) is 41.7 Å². The second-order valence-corrected chi connectivity index (χ2v) is 6.30. The molecule has 0 bridgehead atoms. The Morgan fingerprint density at radius 1 is 1.19 bits per heavy atom. The van der Waals surface area contributed by atoms with Gasteiger partial charge >= 0.3 is 6.18 Å². The molecule has 1 aromatic heterocycles. The second-order valence-electron chi connectivity index (χ2n) is 6.30. The van der Waals surface area contributed by atoms with Crippen LogP contribution in [0.3, 0.4) is 0 Å². The molecule has 1 heterocycles. The standard InChI is InChI=1S/C18H15F4N3O2/c19-13-6-10(5-12(7-13)18(20,21)22)9-24-17(27)14-3-4-23-16(25-14)8-15(26)11-1-2-11/h3-7,11H,1-2,8-9H2,(H,24,27). The van der Waals surface area contributed by atoms with Crippen molar-refractivity contribution in [2.75, 3.05) is 0 Å². The molecule has 0 saturated heterocycles. The molecule has 0 spiro atoms. The molecule has 1 fully saturated rings. The number of benzene rings is 1. The van der Waals surface area contributed by atoms with E-state index >= 15 is 0 Å². The number of hydrogen-bond acceptors (Lipinski definition) is 4. The highest BCUT2D eigenvalue weighted by Crippen LogP contribution is 2.31. The molecular formula is C18H15F4N3O2. The van der Waals surface area contributed by atoms with Gasteiger partial charge in [0.05, 0.1) is 12.0 Å². The first-order valence-corrected chi connectivity index (χ1v) is 8.22. The van der Waals surface area contributed by atoms with Gasteiger partial charge in [0.1, 0.15) is 23.1 Å². The Bertz CT molecular complexity index is 879. The Morgan fingerprint density at radius 3 is 2.59 bits per heavy atom. The van der Waals surface area contributed by atoms with Crippen LogP contribution in [0.5, 0.6) is 0 Å². The topological polar surface area (TPSA) is 72.0 Å². The molecule has 9 heteroatoms. The number of aromatic nitrogens is 2. The van der Waals surface area contributed by atoms with Crippen LogP contribution < -0.4 is 5.32 Å². The summed E-state index contributed by atoms with van der Waals surface area (Å²) in [4.78, 5) is 31.9. The first-order valence-electron chi connectivity index (χ1n) is 8.22. The number of halogens is 4. The van der Waals surface area contributed by atoms with E-state index in [0.29, 0.717) is 6.07 Å². The average Bonchev–Trinajstić information content (AvgIpc) is 3.44. The Balaban J connectivity index is 1.65. The lowest BCUT2D eigenvalue weighted by molar-refractivity contribution is -0.137. The summed E-state index contributed by atoms with van der Waals surface area (Å²) in [5.74, 6) is -1.43. The van der Waals surface area contributed by atoms with E-state index in [1.165, 1.54) is 12.3 Å². The average molecular weight is 381 g/mol. The maximum Gasteiger partial charge on any atom is 0.416 e. The third kappa shape index (κ3) is 5.08. The number of Topliss-reactive ketones (excluding diaryl/α,β-unsaturated/α-hetero) is 1. The first kappa shape index (κ1) is 18.9. The number of rotatable bonds is 6. The Hall–Kier alpha value is -2.84. The highest BCUT2D eigenvalue weighted by molar-refractivity contribution is 5.92. The number of nitrogens with one attached hydrogen (secondary N) is 1. The maximum absolute atomic E-state index is 13.4. The van der Waals surface area contributed by atoms with Gasteiger partial charge in [0.2, 0.25) is 0 Å². The minimum absolute atomic E-state index is 0.0176. The summed E-state index contributed by atoms with van der Waals surface area (Å²) in [7, 11) is 0. The number of carbonyl (C=O) groups excluding carboxylic acids is 2. The highest BCUT2D eigenvalue weighted by Gasteiger charge is 2.31. The van der Waals surface area contributed by atoms with Gasteiger partial charge < -0.3 is 5.32 Å². The van der Waals surface area contributed by atoms with Crippen molar-refractivity contribution in [3.8, 4) is 0 Å². The van der Waals surface area contributed by atoms with Gasteiger partial charge in [-0.3, -0.25) is 9.59 Å². The fraction of sp³-hybridized carbons (Fsp3) is 0.333. The van der Waals surface area contributed by atoms with Crippen molar-refractivity contribution < 1.29 is 27.2 Å². The van der Waals surface area contributed by atoms with Crippen LogP contribution in [-0.2, 0) is 23.9 Å². The number of hydrogen-bond donors (Lipinski definition) is 1. The van der Waals surface area contributed by atoms with Crippen LogP contribution in [0.15, 0.2) is 30.5 Å². The minimum Gasteiger partial charge on any atom is -0.347 e. The molecule has 2 aromatic rings. The lowest BCUT2D eigenvalue weighted by Gasteiger charge is -2.10. The number of ketones is 1. The predicted molar refractivity (Wildman–Crippen MR) is 86.0 cm³/mol. The van der Waals surface area contributed by atoms with Crippen LogP contribution in [-0.4, -0.2) is 21.7 Å². The zero-order valence-corrected chi connectivity index (χ0v) is 14.0. The second kappa shape index (κ2) is 7.42. The van der Waals surface area contributed by atoms with E-state index in [1.807, 2.05) is 0 Å². The predicted octanol–water partition coefficient (Wildman–Crippen LogP) is 3.09. The van der Waals surface area contributed by atoms with E-state index in [1.54, 1.807) is 0 Å². The first-order chi connectivity index (χ1) is 12.7. The Morgan fingerprint density at radius 2 is 1.93 bits per heavy atom. The molecule has 27 heavy (non-hydrogen) atoms. The lowest BCUT2D eigenvalue weighted by Crippen LogP contribution is -2.25. The quantitative estimate of drug-likeness (QED) is 0.781. The monoisotopic (exact) mass is 381 g/mol. The Labute approximate surface area is 151 Å². The van der Waals surface area contributed by atoms with E-state index in [9.17, 15) is 27.2 Å². The van der Waals surface area contributed by atoms with Crippen molar-refractivity contribution in [1.82, 2.24) is 15.3 Å². The highest BCUT2D eigenvalue weighted by atomic mass is 19.4. The number of alkyl halides is 3. The van der Waals surface area contributed by atoms with Crippen LogP contribution in [0.1, 0.15) is 40.3 Å². The minimum atomic E-state index is -4.68. The summed E-state index contributed by atoms with van der Waals surface area (Å²) < 4.78 is 51.6. The largest absolute Gasteiger partial charge is 0.416 e. The summed E-state index contributed by atoms with van der Waals surface area (Å²) in [5.41, 5.74) is -1.18. The van der Waals surface area contributed by atoms with Crippen molar-refractivity contribution in [3.63, 3.8) is 0 Å². The molecule has 142 valence electrons. The normalized spacial score (nSPS) is 14.1. The van der Waals surface area contributed by atoms with Gasteiger partial charge in [-0.1, -0.05) is 0 Å². The van der Waals surface area contributed by atoms with Crippen molar-refractivity contribution in [2.24, 2.45) is 5.92 Å². The molecule has 0 aliphatic heterocycles. The molecule has 3 rings (SSSR count). The molecule has 1 saturated carbocycles. The molecule has 1 aliphatic rings. The molecule has 1 aliphatic carbocycles. The van der Waals surface area contributed by atoms with Crippen LogP contribution in [0.25, 0.3) is 0 Å². The molecular weight excluding hydrogens is 366 g/mol. The summed E-state index contributed by atoms with van der Waals surface area (Å²) in [6.45, 7) is -0.306. The summed E-state index contributed by atoms with van der Waals surface area (Å²) in [5, 5.41) is 2.39. The SMILES string of the molecule is O=C(NCc1cc(F)cc(C(F)(F)F)c1)c1ccnc(CC(=O)C2CC2)n1. The van der Waals surface area contributed by atoms with Gasteiger partial charge in [-0.2, -0.15) is 13.2 Å². The summed E-state index contributed by atoms with van der Waals surface area (Å²) >= 11 is 0. The summed E-state index contributed by atoms with van der Waals surface area (Å²) in [6.07, 6.45) is -1.61. The van der Waals surface area contributed by atoms with Crippen molar-refractivity contribution in [2.45, 2.75) is 32.0 Å². The third-order valence-electron chi connectivity index (χ3n) is 4.04. The zero-order valence-electron chi connectivity index (χ0n) is 14.0. The lowest BCUT2D eigenvalue weighted by atomic mass is 10.1. The van der Waals surface area contributed by atoms with Gasteiger partial charge in [-0.25, -0.2) is 14.4 Å². The van der Waals surface area contributed by atoms with Crippen LogP contribution in [0.2, 0.25) is 0 Å². The van der Waals surface area contributed by atoms with Gasteiger partial charge in [0.15, 0.2) is 0 Å². The molecule has 0 unspecified atom stereocenters. The molecule has 5 nitrogen and oxygen atoms in total. The van der Waals surface area contributed by atoms with Crippen molar-refractivity contribution in [3.05, 3.63) is 58.9 Å². The van der Waals surface area contributed by atoms with Crippen molar-refractivity contribution in [1.29, 1.82) is 0 Å². The van der Waals surface area contributed by atoms with Crippen LogP contribution >= 0.6 is 0 Å². The van der Waals surface area contributed by atoms with Gasteiger partial charge in [-0.05, 0) is 42.7 Å². The number of nitrogens with zero attached hydrogens (tertiary/aromatic N) is 2. The van der Waals surface area contributed by atoms with Crippen LogP contribution in [0, 0.1) is 11.7 Å². The third-order valence-corrected chi connectivity index (χ3v) is 4.04. The molecule has 0 atom stereocenters. The van der Waals surface area contributed by atoms with E-state index in [2.05, 4.69) is 15.3 Å². The smallest absolute Gasteiger partial charge is 0.347 e. The van der Waals surface area contributed by atoms with E-state index in [4.69, 9.17) is 0 Å². The molecule has 1 amide bonds. The van der Waals surface area contributed by atoms with Gasteiger partial charge in [0.25, 0.3) is 5.91 Å².